The highest BCUT2D eigenvalue weighted by Gasteiger charge is 2.33. The number of anilines is 1. The molecular weight excluding hydrogens is 314 g/mol. The number of nitro benzene ring substituents is 1. The van der Waals surface area contributed by atoms with E-state index in [1.165, 1.54) is 23.1 Å². The van der Waals surface area contributed by atoms with Crippen LogP contribution in [0.5, 0.6) is 0 Å². The number of hydrogen-bond donors (Lipinski definition) is 2. The minimum Gasteiger partial charge on any atom is -0.481 e. The molecule has 8 nitrogen and oxygen atoms in total. The Morgan fingerprint density at radius 1 is 1.55 bits per heavy atom. The van der Waals surface area contributed by atoms with Crippen LogP contribution in [0, 0.1) is 16.0 Å². The molecule has 2 N–H and O–H groups in total. The van der Waals surface area contributed by atoms with Gasteiger partial charge >= 0.3 is 5.97 Å². The molecule has 22 heavy (non-hydrogen) atoms. The SMILES string of the molecule is O=C(O)[C@H]1CC(=O)N(CCNc2ccc(Cl)cc2[N+](=O)[O-])C1. The number of carbonyl (C=O) groups excluding carboxylic acids is 1. The summed E-state index contributed by atoms with van der Waals surface area (Å²) in [6.07, 6.45) is -0.00355. The average molecular weight is 328 g/mol. The number of nitrogens with one attached hydrogen (secondary N) is 1. The van der Waals surface area contributed by atoms with E-state index in [9.17, 15) is 19.7 Å². The van der Waals surface area contributed by atoms with E-state index in [1.807, 2.05) is 0 Å². The zero-order valence-electron chi connectivity index (χ0n) is 11.5. The molecule has 1 atom stereocenters. The van der Waals surface area contributed by atoms with Gasteiger partial charge in [-0.15, -0.1) is 0 Å². The topological polar surface area (TPSA) is 113 Å². The number of rotatable bonds is 6. The van der Waals surface area contributed by atoms with E-state index in [1.54, 1.807) is 0 Å². The van der Waals surface area contributed by atoms with Crippen molar-refractivity contribution in [2.75, 3.05) is 25.0 Å². The molecule has 1 aliphatic heterocycles. The van der Waals surface area contributed by atoms with Crippen LogP contribution in [0.2, 0.25) is 5.02 Å². The summed E-state index contributed by atoms with van der Waals surface area (Å²) in [5.74, 6) is -1.89. The van der Waals surface area contributed by atoms with Gasteiger partial charge in [0.15, 0.2) is 0 Å². The number of carboxylic acid groups (broad SMARTS) is 1. The zero-order valence-corrected chi connectivity index (χ0v) is 12.2. The predicted molar refractivity (Wildman–Crippen MR) is 78.9 cm³/mol. The molecule has 2 rings (SSSR count). The van der Waals surface area contributed by atoms with E-state index in [0.29, 0.717) is 5.69 Å². The van der Waals surface area contributed by atoms with Crippen LogP contribution in [0.3, 0.4) is 0 Å². The second-order valence-electron chi connectivity index (χ2n) is 4.92. The van der Waals surface area contributed by atoms with E-state index in [4.69, 9.17) is 16.7 Å². The fraction of sp³-hybridized carbons (Fsp3) is 0.385. The molecule has 0 bridgehead atoms. The lowest BCUT2D eigenvalue weighted by Gasteiger charge is -2.16. The van der Waals surface area contributed by atoms with Crippen LogP contribution in [-0.4, -0.2) is 46.4 Å². The van der Waals surface area contributed by atoms with Crippen molar-refractivity contribution in [2.24, 2.45) is 5.92 Å². The lowest BCUT2D eigenvalue weighted by molar-refractivity contribution is -0.383. The number of nitro groups is 1. The molecule has 1 aromatic carbocycles. The van der Waals surface area contributed by atoms with Crippen molar-refractivity contribution in [2.45, 2.75) is 6.42 Å². The fourth-order valence-corrected chi connectivity index (χ4v) is 2.45. The summed E-state index contributed by atoms with van der Waals surface area (Å²) in [5.41, 5.74) is 0.152. The first-order valence-electron chi connectivity index (χ1n) is 6.57. The van der Waals surface area contributed by atoms with Gasteiger partial charge in [-0.1, -0.05) is 11.6 Å². The van der Waals surface area contributed by atoms with Crippen molar-refractivity contribution in [1.29, 1.82) is 0 Å². The van der Waals surface area contributed by atoms with Gasteiger partial charge in [-0.3, -0.25) is 19.7 Å². The smallest absolute Gasteiger partial charge is 0.308 e. The minimum absolute atomic E-state index is 0.00355. The van der Waals surface area contributed by atoms with Gasteiger partial charge in [0.25, 0.3) is 5.69 Å². The Hall–Kier alpha value is -2.35. The molecule has 9 heteroatoms. The van der Waals surface area contributed by atoms with Crippen LogP contribution in [0.15, 0.2) is 18.2 Å². The largest absolute Gasteiger partial charge is 0.481 e. The van der Waals surface area contributed by atoms with Gasteiger partial charge in [-0.2, -0.15) is 0 Å². The maximum atomic E-state index is 11.7. The van der Waals surface area contributed by atoms with Crippen LogP contribution >= 0.6 is 11.6 Å². The van der Waals surface area contributed by atoms with Crippen LogP contribution in [0.1, 0.15) is 6.42 Å². The molecule has 1 fully saturated rings. The first-order valence-corrected chi connectivity index (χ1v) is 6.94. The van der Waals surface area contributed by atoms with Crippen molar-refractivity contribution in [1.82, 2.24) is 4.90 Å². The Bertz CT molecular complexity index is 622. The normalized spacial score (nSPS) is 17.6. The van der Waals surface area contributed by atoms with Crippen LogP contribution < -0.4 is 5.32 Å². The monoisotopic (exact) mass is 327 g/mol. The average Bonchev–Trinajstić information content (AvgIpc) is 2.82. The Morgan fingerprint density at radius 2 is 2.27 bits per heavy atom. The molecule has 1 aromatic rings. The van der Waals surface area contributed by atoms with Gasteiger partial charge in [0.2, 0.25) is 5.91 Å². The summed E-state index contributed by atoms with van der Waals surface area (Å²) < 4.78 is 0. The third kappa shape index (κ3) is 3.64. The molecule has 0 spiro atoms. The van der Waals surface area contributed by atoms with E-state index in [0.717, 1.165) is 0 Å². The fourth-order valence-electron chi connectivity index (χ4n) is 2.28. The molecule has 1 heterocycles. The maximum absolute atomic E-state index is 11.7. The van der Waals surface area contributed by atoms with Gasteiger partial charge in [0.1, 0.15) is 5.69 Å². The Labute approximate surface area is 130 Å². The second-order valence-corrected chi connectivity index (χ2v) is 5.36. The Morgan fingerprint density at radius 3 is 2.86 bits per heavy atom. The number of carbonyl (C=O) groups is 2. The molecule has 0 unspecified atom stereocenters. The lowest BCUT2D eigenvalue weighted by Crippen LogP contribution is -2.31. The maximum Gasteiger partial charge on any atom is 0.308 e. The van der Waals surface area contributed by atoms with Crippen molar-refractivity contribution >= 4 is 34.9 Å². The van der Waals surface area contributed by atoms with Gasteiger partial charge in [-0.25, -0.2) is 0 Å². The van der Waals surface area contributed by atoms with Crippen molar-refractivity contribution in [3.63, 3.8) is 0 Å². The summed E-state index contributed by atoms with van der Waals surface area (Å²) >= 11 is 5.72. The number of hydrogen-bond acceptors (Lipinski definition) is 5. The molecule has 0 aromatic heterocycles. The van der Waals surface area contributed by atoms with Gasteiger partial charge in [0, 0.05) is 37.1 Å². The van der Waals surface area contributed by atoms with E-state index < -0.39 is 16.8 Å². The number of aliphatic carboxylic acids is 1. The summed E-state index contributed by atoms with van der Waals surface area (Å²) in [6.45, 7) is 0.724. The molecule has 0 radical (unpaired) electrons. The molecular formula is C13H14ClN3O5. The first kappa shape index (κ1) is 16.0. The molecule has 1 aliphatic rings. The second kappa shape index (κ2) is 6.61. The van der Waals surface area contributed by atoms with E-state index in [-0.39, 0.29) is 42.7 Å². The third-order valence-corrected chi connectivity index (χ3v) is 3.65. The molecule has 1 amide bonds. The number of likely N-dealkylation sites (tertiary alicyclic amines) is 1. The van der Waals surface area contributed by atoms with Gasteiger partial charge in [0.05, 0.1) is 10.8 Å². The number of halogens is 1. The zero-order chi connectivity index (χ0) is 16.3. The molecule has 0 saturated carbocycles. The number of amides is 1. The number of nitrogens with zero attached hydrogens (tertiary/aromatic N) is 2. The highest BCUT2D eigenvalue weighted by atomic mass is 35.5. The highest BCUT2D eigenvalue weighted by molar-refractivity contribution is 6.30. The third-order valence-electron chi connectivity index (χ3n) is 3.42. The standard InChI is InChI=1S/C13H14ClN3O5/c14-9-1-2-10(11(6-9)17(21)22)15-3-4-16-7-8(13(19)20)5-12(16)18/h1-2,6,8,15H,3-5,7H2,(H,19,20)/t8-/m0/s1. The highest BCUT2D eigenvalue weighted by Crippen LogP contribution is 2.27. The molecule has 118 valence electrons. The Kier molecular flexibility index (Phi) is 4.81. The van der Waals surface area contributed by atoms with E-state index >= 15 is 0 Å². The minimum atomic E-state index is -0.989. The summed E-state index contributed by atoms with van der Waals surface area (Å²) in [4.78, 5) is 34.4. The van der Waals surface area contributed by atoms with Crippen molar-refractivity contribution in [3.8, 4) is 0 Å². The summed E-state index contributed by atoms with van der Waals surface area (Å²) in [5, 5.41) is 23.0. The quantitative estimate of drug-likeness (QED) is 0.606. The Balaban J connectivity index is 1.93. The van der Waals surface area contributed by atoms with Crippen molar-refractivity contribution in [3.05, 3.63) is 33.3 Å². The van der Waals surface area contributed by atoms with Crippen LogP contribution in [0.25, 0.3) is 0 Å². The van der Waals surface area contributed by atoms with Gasteiger partial charge in [-0.05, 0) is 12.1 Å². The van der Waals surface area contributed by atoms with Crippen LogP contribution in [-0.2, 0) is 9.59 Å². The van der Waals surface area contributed by atoms with Crippen LogP contribution in [0.4, 0.5) is 11.4 Å². The van der Waals surface area contributed by atoms with Gasteiger partial charge < -0.3 is 15.3 Å². The summed E-state index contributed by atoms with van der Waals surface area (Å²) in [6, 6.07) is 4.26. The number of carboxylic acids is 1. The molecule has 1 saturated heterocycles. The lowest BCUT2D eigenvalue weighted by atomic mass is 10.1. The molecule has 0 aliphatic carbocycles. The predicted octanol–water partition coefficient (Wildman–Crippen LogP) is 1.59. The van der Waals surface area contributed by atoms with E-state index in [2.05, 4.69) is 5.32 Å². The first-order chi connectivity index (χ1) is 10.4. The number of benzene rings is 1. The van der Waals surface area contributed by atoms with Crippen molar-refractivity contribution < 1.29 is 19.6 Å². The summed E-state index contributed by atoms with van der Waals surface area (Å²) in [7, 11) is 0.